The van der Waals surface area contributed by atoms with Gasteiger partial charge < -0.3 is 14.2 Å². The second-order valence-electron chi connectivity index (χ2n) is 6.44. The Kier molecular flexibility index (Phi) is 4.52. The molecule has 0 unspecified atom stereocenters. The number of aromatic nitrogens is 6. The van der Waals surface area contributed by atoms with Crippen LogP contribution in [0, 0.1) is 6.92 Å². The van der Waals surface area contributed by atoms with Crippen LogP contribution in [0.3, 0.4) is 0 Å². The molecule has 4 aromatic rings. The van der Waals surface area contributed by atoms with Crippen LogP contribution in [0.25, 0.3) is 17.1 Å². The van der Waals surface area contributed by atoms with Crippen molar-refractivity contribution in [2.24, 2.45) is 7.05 Å². The van der Waals surface area contributed by atoms with Crippen molar-refractivity contribution in [3.8, 4) is 22.8 Å². The lowest BCUT2D eigenvalue weighted by molar-refractivity contribution is 0.413. The molecule has 0 amide bonds. The minimum absolute atomic E-state index is 0.625. The van der Waals surface area contributed by atoms with E-state index < -0.39 is 0 Å². The highest BCUT2D eigenvalue weighted by molar-refractivity contribution is 5.65. The van der Waals surface area contributed by atoms with Gasteiger partial charge in [-0.1, -0.05) is 0 Å². The van der Waals surface area contributed by atoms with Gasteiger partial charge in [-0.2, -0.15) is 4.98 Å². The van der Waals surface area contributed by atoms with Crippen LogP contribution in [0.15, 0.2) is 55.2 Å². The largest absolute Gasteiger partial charge is 0.495 e. The Morgan fingerprint density at radius 1 is 1.18 bits per heavy atom. The van der Waals surface area contributed by atoms with E-state index in [1.54, 1.807) is 30.5 Å². The van der Waals surface area contributed by atoms with Crippen molar-refractivity contribution in [1.29, 1.82) is 0 Å². The summed E-state index contributed by atoms with van der Waals surface area (Å²) < 4.78 is 9.28. The van der Waals surface area contributed by atoms with Crippen molar-refractivity contribution in [1.82, 2.24) is 29.3 Å². The number of imidazole rings is 1. The van der Waals surface area contributed by atoms with Crippen LogP contribution >= 0.6 is 0 Å². The van der Waals surface area contributed by atoms with Crippen molar-refractivity contribution in [3.05, 3.63) is 60.9 Å². The number of aryl methyl sites for hydroxylation is 2. The molecule has 0 radical (unpaired) electrons. The van der Waals surface area contributed by atoms with Gasteiger partial charge >= 0.3 is 0 Å². The van der Waals surface area contributed by atoms with E-state index >= 15 is 0 Å². The summed E-state index contributed by atoms with van der Waals surface area (Å²) in [5, 5.41) is 4.58. The number of pyridine rings is 1. The van der Waals surface area contributed by atoms with Crippen LogP contribution in [0.5, 0.6) is 5.75 Å². The summed E-state index contributed by atoms with van der Waals surface area (Å²) in [5.74, 6) is 2.07. The third-order valence-corrected chi connectivity index (χ3v) is 4.50. The van der Waals surface area contributed by atoms with Crippen molar-refractivity contribution in [3.63, 3.8) is 0 Å². The number of methoxy groups -OCH3 is 1. The first-order valence-electron chi connectivity index (χ1n) is 8.81. The van der Waals surface area contributed by atoms with Crippen LogP contribution in [0.4, 0.5) is 11.6 Å². The highest BCUT2D eigenvalue weighted by Crippen LogP contribution is 2.30. The average Bonchev–Trinajstić information content (AvgIpc) is 3.33. The Hall–Kier alpha value is -3.68. The van der Waals surface area contributed by atoms with Crippen molar-refractivity contribution >= 4 is 11.6 Å². The first-order chi connectivity index (χ1) is 13.6. The van der Waals surface area contributed by atoms with Gasteiger partial charge in [-0.15, -0.1) is 5.10 Å². The molecule has 0 saturated heterocycles. The van der Waals surface area contributed by atoms with Gasteiger partial charge in [-0.3, -0.25) is 4.98 Å². The Bertz CT molecular complexity index is 1100. The SMILES string of the molecule is COc1cc(-c2nc(N(C)c3cccnc3)n(C)n2)ccc1-n1cnc(C)c1. The monoisotopic (exact) mass is 375 g/mol. The predicted octanol–water partition coefficient (Wildman–Crippen LogP) is 3.15. The minimum Gasteiger partial charge on any atom is -0.495 e. The summed E-state index contributed by atoms with van der Waals surface area (Å²) in [4.78, 5) is 15.1. The Morgan fingerprint density at radius 2 is 2.04 bits per heavy atom. The summed E-state index contributed by atoms with van der Waals surface area (Å²) in [5.41, 5.74) is 3.67. The number of nitrogens with zero attached hydrogens (tertiary/aromatic N) is 7. The lowest BCUT2D eigenvalue weighted by atomic mass is 10.1. The summed E-state index contributed by atoms with van der Waals surface area (Å²) in [6, 6.07) is 9.77. The van der Waals surface area contributed by atoms with Gasteiger partial charge in [-0.05, 0) is 37.3 Å². The fraction of sp³-hybridized carbons (Fsp3) is 0.200. The first kappa shape index (κ1) is 17.7. The van der Waals surface area contributed by atoms with E-state index in [1.807, 2.05) is 67.0 Å². The zero-order chi connectivity index (χ0) is 19.7. The molecule has 0 atom stereocenters. The molecule has 3 heterocycles. The van der Waals surface area contributed by atoms with E-state index in [0.717, 1.165) is 34.3 Å². The minimum atomic E-state index is 0.625. The van der Waals surface area contributed by atoms with E-state index in [1.165, 1.54) is 0 Å². The quantitative estimate of drug-likeness (QED) is 0.533. The maximum absolute atomic E-state index is 5.60. The van der Waals surface area contributed by atoms with Gasteiger partial charge in [0.1, 0.15) is 5.75 Å². The molecule has 3 aromatic heterocycles. The predicted molar refractivity (Wildman–Crippen MR) is 107 cm³/mol. The molecule has 0 bridgehead atoms. The second kappa shape index (κ2) is 7.15. The molecule has 142 valence electrons. The molecule has 0 saturated carbocycles. The van der Waals surface area contributed by atoms with Crippen molar-refractivity contribution in [2.45, 2.75) is 6.92 Å². The Morgan fingerprint density at radius 3 is 2.71 bits per heavy atom. The zero-order valence-corrected chi connectivity index (χ0v) is 16.2. The van der Waals surface area contributed by atoms with Gasteiger partial charge in [0, 0.05) is 32.1 Å². The van der Waals surface area contributed by atoms with Gasteiger partial charge in [-0.25, -0.2) is 9.67 Å². The molecule has 0 spiro atoms. The summed E-state index contributed by atoms with van der Waals surface area (Å²) >= 11 is 0. The smallest absolute Gasteiger partial charge is 0.228 e. The van der Waals surface area contributed by atoms with E-state index in [4.69, 9.17) is 9.72 Å². The Balaban J connectivity index is 1.70. The van der Waals surface area contributed by atoms with E-state index in [2.05, 4.69) is 15.1 Å². The molecule has 28 heavy (non-hydrogen) atoms. The zero-order valence-electron chi connectivity index (χ0n) is 16.2. The topological polar surface area (TPSA) is 73.9 Å². The maximum atomic E-state index is 5.60. The average molecular weight is 375 g/mol. The van der Waals surface area contributed by atoms with Crippen LogP contribution in [-0.4, -0.2) is 43.5 Å². The second-order valence-corrected chi connectivity index (χ2v) is 6.44. The molecule has 0 fully saturated rings. The molecule has 0 N–H and O–H groups in total. The third-order valence-electron chi connectivity index (χ3n) is 4.50. The molecule has 0 aliphatic rings. The molecule has 4 rings (SSSR count). The number of hydrogen-bond donors (Lipinski definition) is 0. The maximum Gasteiger partial charge on any atom is 0.228 e. The van der Waals surface area contributed by atoms with Gasteiger partial charge in [0.25, 0.3) is 0 Å². The van der Waals surface area contributed by atoms with Crippen LogP contribution in [-0.2, 0) is 7.05 Å². The van der Waals surface area contributed by atoms with Crippen LogP contribution in [0.1, 0.15) is 5.69 Å². The molecule has 8 heteroatoms. The van der Waals surface area contributed by atoms with Gasteiger partial charge in [0.2, 0.25) is 5.95 Å². The number of ether oxygens (including phenoxy) is 1. The lowest BCUT2D eigenvalue weighted by Gasteiger charge is -2.16. The first-order valence-corrected chi connectivity index (χ1v) is 8.81. The number of rotatable bonds is 5. The third kappa shape index (κ3) is 3.20. The standard InChI is InChI=1S/C20H21N7O/c1-14-12-27(13-22-14)17-8-7-15(10-18(17)28-4)19-23-20(26(3)24-19)25(2)16-6-5-9-21-11-16/h5-13H,1-4H3. The molecule has 0 aliphatic carbocycles. The normalized spacial score (nSPS) is 10.9. The summed E-state index contributed by atoms with van der Waals surface area (Å²) in [6.45, 7) is 1.95. The highest BCUT2D eigenvalue weighted by atomic mass is 16.5. The lowest BCUT2D eigenvalue weighted by Crippen LogP contribution is -2.14. The number of anilines is 2. The highest BCUT2D eigenvalue weighted by Gasteiger charge is 2.16. The molecule has 1 aromatic carbocycles. The van der Waals surface area contributed by atoms with Crippen molar-refractivity contribution in [2.75, 3.05) is 19.1 Å². The molecular weight excluding hydrogens is 354 g/mol. The fourth-order valence-electron chi connectivity index (χ4n) is 3.04. The molecule has 8 nitrogen and oxygen atoms in total. The van der Waals surface area contributed by atoms with Gasteiger partial charge in [0.05, 0.1) is 36.7 Å². The van der Waals surface area contributed by atoms with Gasteiger partial charge in [0.15, 0.2) is 5.82 Å². The summed E-state index contributed by atoms with van der Waals surface area (Å²) in [7, 11) is 5.47. The number of hydrogen-bond acceptors (Lipinski definition) is 6. The summed E-state index contributed by atoms with van der Waals surface area (Å²) in [6.07, 6.45) is 7.26. The molecule has 0 aliphatic heterocycles. The fourth-order valence-corrected chi connectivity index (χ4v) is 3.04. The van der Waals surface area contributed by atoms with E-state index in [0.29, 0.717) is 5.82 Å². The van der Waals surface area contributed by atoms with Crippen molar-refractivity contribution < 1.29 is 4.74 Å². The Labute approximate surface area is 163 Å². The molecular formula is C20H21N7O. The number of benzene rings is 1. The van der Waals surface area contributed by atoms with Crippen LogP contribution in [0.2, 0.25) is 0 Å². The van der Waals surface area contributed by atoms with E-state index in [9.17, 15) is 0 Å². The van der Waals surface area contributed by atoms with E-state index in [-0.39, 0.29) is 0 Å². The van der Waals surface area contributed by atoms with Crippen LogP contribution < -0.4 is 9.64 Å².